The Hall–Kier alpha value is -4.44. The molecule has 1 aliphatic rings. The molecule has 0 aliphatic heterocycles. The predicted octanol–water partition coefficient (Wildman–Crippen LogP) is 5.73. The maximum atomic E-state index is 12.6. The fourth-order valence-corrected chi connectivity index (χ4v) is 5.16. The number of nitrogens with one attached hydrogen (secondary N) is 2. The summed E-state index contributed by atoms with van der Waals surface area (Å²) in [5.74, 6) is -0.0754. The molecule has 0 radical (unpaired) electrons. The van der Waals surface area contributed by atoms with E-state index in [9.17, 15) is 18.0 Å². The van der Waals surface area contributed by atoms with Gasteiger partial charge in [-0.2, -0.15) is 0 Å². The summed E-state index contributed by atoms with van der Waals surface area (Å²) in [6.07, 6.45) is 1.14. The van der Waals surface area contributed by atoms with Gasteiger partial charge in [-0.25, -0.2) is 13.2 Å². The molecule has 2 amide bonds. The number of rotatable bonds is 8. The zero-order valence-electron chi connectivity index (χ0n) is 22.3. The molecule has 4 aromatic rings. The number of amides is 2. The Bertz CT molecular complexity index is 1640. The van der Waals surface area contributed by atoms with Crippen molar-refractivity contribution in [3.05, 3.63) is 95.7 Å². The van der Waals surface area contributed by atoms with Crippen LogP contribution in [0.1, 0.15) is 42.7 Å². The molecule has 1 atom stereocenters. The van der Waals surface area contributed by atoms with Crippen LogP contribution in [0.15, 0.2) is 83.4 Å². The number of benzene rings is 3. The molecule has 1 fully saturated rings. The molecule has 1 saturated carbocycles. The average Bonchev–Trinajstić information content (AvgIpc) is 3.67. The lowest BCUT2D eigenvalue weighted by molar-refractivity contribution is -0.121. The van der Waals surface area contributed by atoms with E-state index in [2.05, 4.69) is 15.2 Å². The van der Waals surface area contributed by atoms with Gasteiger partial charge in [0.25, 0.3) is 0 Å². The lowest BCUT2D eigenvalue weighted by Gasteiger charge is -2.15. The molecule has 0 spiro atoms. The lowest BCUT2D eigenvalue weighted by atomic mass is 9.93. The van der Waals surface area contributed by atoms with Crippen LogP contribution < -0.4 is 10.0 Å². The van der Waals surface area contributed by atoms with E-state index in [1.807, 2.05) is 78.9 Å². The number of ether oxygens (including phenoxy) is 1. The number of carbonyl (C=O) groups is 2. The van der Waals surface area contributed by atoms with Gasteiger partial charge < -0.3 is 9.26 Å². The van der Waals surface area contributed by atoms with Crippen molar-refractivity contribution in [2.24, 2.45) is 0 Å². The van der Waals surface area contributed by atoms with Crippen LogP contribution in [0.5, 0.6) is 0 Å². The molecule has 3 aromatic carbocycles. The average molecular weight is 560 g/mol. The Kier molecular flexibility index (Phi) is 7.20. The molecule has 1 heterocycles. The van der Waals surface area contributed by atoms with E-state index < -0.39 is 33.5 Å². The first-order chi connectivity index (χ1) is 19.1. The molecular formula is C30H29N3O6S. The minimum atomic E-state index is -3.62. The summed E-state index contributed by atoms with van der Waals surface area (Å²) >= 11 is 0. The third-order valence-electron chi connectivity index (χ3n) is 7.02. The number of aryl methyl sites for hydroxylation is 1. The van der Waals surface area contributed by atoms with Gasteiger partial charge in [0.15, 0.2) is 5.76 Å². The normalized spacial score (nSPS) is 14.7. The molecule has 1 aliphatic carbocycles. The van der Waals surface area contributed by atoms with Crippen molar-refractivity contribution in [2.45, 2.75) is 38.2 Å². The monoisotopic (exact) mass is 559 g/mol. The molecule has 206 valence electrons. The smallest absolute Gasteiger partial charge is 0.412 e. The second-order valence-electron chi connectivity index (χ2n) is 10.00. The number of sulfonamides is 1. The highest BCUT2D eigenvalue weighted by atomic mass is 32.2. The molecular weight excluding hydrogens is 530 g/mol. The highest BCUT2D eigenvalue weighted by Crippen LogP contribution is 2.48. The second-order valence-corrected chi connectivity index (χ2v) is 11.7. The van der Waals surface area contributed by atoms with E-state index in [0.717, 1.165) is 34.1 Å². The third kappa shape index (κ3) is 5.76. The van der Waals surface area contributed by atoms with Crippen LogP contribution in [-0.2, 0) is 25.0 Å². The van der Waals surface area contributed by atoms with Crippen molar-refractivity contribution < 1.29 is 27.3 Å². The maximum absolute atomic E-state index is 12.6. The summed E-state index contributed by atoms with van der Waals surface area (Å²) in [7, 11) is -3.62. The predicted molar refractivity (Wildman–Crippen MR) is 151 cm³/mol. The summed E-state index contributed by atoms with van der Waals surface area (Å²) in [5, 5.41) is 6.79. The van der Waals surface area contributed by atoms with Gasteiger partial charge in [-0.3, -0.25) is 14.8 Å². The first-order valence-corrected chi connectivity index (χ1v) is 14.7. The minimum absolute atomic E-state index is 0.413. The largest absolute Gasteiger partial charge is 0.441 e. The van der Waals surface area contributed by atoms with E-state index in [-0.39, 0.29) is 0 Å². The van der Waals surface area contributed by atoms with Crippen molar-refractivity contribution >= 4 is 27.7 Å². The van der Waals surface area contributed by atoms with E-state index in [0.29, 0.717) is 30.0 Å². The summed E-state index contributed by atoms with van der Waals surface area (Å²) < 4.78 is 36.2. The van der Waals surface area contributed by atoms with Crippen molar-refractivity contribution in [3.8, 4) is 22.5 Å². The number of carbonyl (C=O) groups excluding carboxylic acids is 2. The van der Waals surface area contributed by atoms with E-state index in [1.54, 1.807) is 13.8 Å². The summed E-state index contributed by atoms with van der Waals surface area (Å²) in [5.41, 5.74) is 4.42. The maximum Gasteiger partial charge on any atom is 0.412 e. The Morgan fingerprint density at radius 2 is 1.50 bits per heavy atom. The van der Waals surface area contributed by atoms with Crippen molar-refractivity contribution in [2.75, 3.05) is 11.6 Å². The minimum Gasteiger partial charge on any atom is -0.441 e. The zero-order valence-corrected chi connectivity index (χ0v) is 23.1. The van der Waals surface area contributed by atoms with Gasteiger partial charge in [0.2, 0.25) is 15.9 Å². The number of nitrogens with zero attached hydrogens (tertiary/aromatic N) is 1. The number of hydrogen-bond acceptors (Lipinski definition) is 7. The molecule has 1 aromatic heterocycles. The SMILES string of the molecule is Cc1noc(-c2ccc(-c3ccc(C4(C(=O)NS(C)(=O)=O)CC4)cc3)cc2)c1NC(=O)O[C@H](C)c1ccccc1. The van der Waals surface area contributed by atoms with Gasteiger partial charge in [-0.1, -0.05) is 84.0 Å². The molecule has 0 bridgehead atoms. The van der Waals surface area contributed by atoms with Crippen LogP contribution >= 0.6 is 0 Å². The first kappa shape index (κ1) is 27.1. The van der Waals surface area contributed by atoms with Crippen LogP contribution in [0.2, 0.25) is 0 Å². The number of hydrogen-bond donors (Lipinski definition) is 2. The van der Waals surface area contributed by atoms with Crippen molar-refractivity contribution in [1.82, 2.24) is 9.88 Å². The molecule has 10 heteroatoms. The Balaban J connectivity index is 1.29. The molecule has 0 saturated heterocycles. The van der Waals surface area contributed by atoms with Crippen LogP contribution in [0.3, 0.4) is 0 Å². The fourth-order valence-electron chi connectivity index (χ4n) is 4.63. The fraction of sp³-hybridized carbons (Fsp3) is 0.233. The van der Waals surface area contributed by atoms with Gasteiger partial charge in [-0.15, -0.1) is 0 Å². The Labute approximate surface area is 232 Å². The summed E-state index contributed by atoms with van der Waals surface area (Å²) in [6.45, 7) is 3.54. The second kappa shape index (κ2) is 10.6. The Morgan fingerprint density at radius 1 is 0.925 bits per heavy atom. The number of aromatic nitrogens is 1. The van der Waals surface area contributed by atoms with Gasteiger partial charge in [0.1, 0.15) is 17.5 Å². The van der Waals surface area contributed by atoms with Gasteiger partial charge >= 0.3 is 6.09 Å². The third-order valence-corrected chi connectivity index (χ3v) is 7.58. The van der Waals surface area contributed by atoms with Gasteiger partial charge in [0, 0.05) is 5.56 Å². The Morgan fingerprint density at radius 3 is 2.08 bits per heavy atom. The van der Waals surface area contributed by atoms with Crippen LogP contribution in [0.4, 0.5) is 10.5 Å². The highest BCUT2D eigenvalue weighted by Gasteiger charge is 2.52. The van der Waals surface area contributed by atoms with Gasteiger partial charge in [-0.05, 0) is 48.9 Å². The van der Waals surface area contributed by atoms with Crippen LogP contribution in [0, 0.1) is 6.92 Å². The zero-order chi connectivity index (χ0) is 28.5. The standard InChI is InChI=1S/C30H29N3O6S/c1-19-26(31-29(35)38-20(2)21-7-5-4-6-8-21)27(39-32-19)24-11-9-22(10-12-24)23-13-15-25(16-14-23)30(17-18-30)28(34)33-40(3,36)37/h4-16,20H,17-18H2,1-3H3,(H,31,35)(H,33,34)/t20-/m1/s1. The quantitative estimate of drug-likeness (QED) is 0.282. The summed E-state index contributed by atoms with van der Waals surface area (Å²) in [6, 6.07) is 24.6. The van der Waals surface area contributed by atoms with E-state index >= 15 is 0 Å². The van der Waals surface area contributed by atoms with Crippen LogP contribution in [0.25, 0.3) is 22.5 Å². The van der Waals surface area contributed by atoms with Gasteiger partial charge in [0.05, 0.1) is 11.7 Å². The highest BCUT2D eigenvalue weighted by molar-refractivity contribution is 7.89. The van der Waals surface area contributed by atoms with Crippen molar-refractivity contribution in [3.63, 3.8) is 0 Å². The summed E-state index contributed by atoms with van der Waals surface area (Å²) in [4.78, 5) is 25.2. The molecule has 9 nitrogen and oxygen atoms in total. The topological polar surface area (TPSA) is 128 Å². The van der Waals surface area contributed by atoms with Crippen LogP contribution in [-0.4, -0.2) is 31.8 Å². The van der Waals surface area contributed by atoms with E-state index in [4.69, 9.17) is 9.26 Å². The van der Waals surface area contributed by atoms with E-state index in [1.165, 1.54) is 0 Å². The first-order valence-electron chi connectivity index (χ1n) is 12.8. The molecule has 2 N–H and O–H groups in total. The number of anilines is 1. The molecule has 0 unspecified atom stereocenters. The molecule has 5 rings (SSSR count). The lowest BCUT2D eigenvalue weighted by Crippen LogP contribution is -2.38. The van der Waals surface area contributed by atoms with Crippen molar-refractivity contribution in [1.29, 1.82) is 0 Å². The molecule has 40 heavy (non-hydrogen) atoms.